The lowest BCUT2D eigenvalue weighted by Crippen LogP contribution is -2.47. The van der Waals surface area contributed by atoms with E-state index in [9.17, 15) is 9.59 Å². The number of para-hydroxylation sites is 1. The van der Waals surface area contributed by atoms with Gasteiger partial charge in [0.05, 0.1) is 17.4 Å². The number of alkyl carbamates (subject to hydrolysis) is 1. The van der Waals surface area contributed by atoms with Crippen LogP contribution in [-0.4, -0.2) is 43.2 Å². The first-order valence-electron chi connectivity index (χ1n) is 12.2. The normalized spacial score (nSPS) is 12.7. The number of H-pyrrole nitrogens is 1. The predicted molar refractivity (Wildman–Crippen MR) is 145 cm³/mol. The number of fused-ring (bicyclic) bond motifs is 4. The van der Waals surface area contributed by atoms with E-state index in [1.54, 1.807) is 27.0 Å². The number of aryl methyl sites for hydroxylation is 2. The molecule has 9 heteroatoms. The minimum Gasteiger partial charge on any atom is -0.444 e. The van der Waals surface area contributed by atoms with Crippen molar-refractivity contribution in [3.63, 3.8) is 0 Å². The SMILES string of the molecule is Cc1c2ccccc2nc2c1c1cc(NC(=O)[C@H](Cc3cnc[nH]3)NC(=O)OC(C)(C)C)ccc1n2C. The van der Waals surface area contributed by atoms with Gasteiger partial charge in [0.15, 0.2) is 0 Å². The Morgan fingerprint density at radius 1 is 1.14 bits per heavy atom. The third-order valence-corrected chi connectivity index (χ3v) is 6.33. The molecule has 0 unspecified atom stereocenters. The summed E-state index contributed by atoms with van der Waals surface area (Å²) in [7, 11) is 2.00. The molecule has 3 N–H and O–H groups in total. The van der Waals surface area contributed by atoms with Gasteiger partial charge >= 0.3 is 6.09 Å². The number of aromatic amines is 1. The number of pyridine rings is 1. The van der Waals surface area contributed by atoms with E-state index < -0.39 is 17.7 Å². The van der Waals surface area contributed by atoms with Crippen molar-refractivity contribution in [1.29, 1.82) is 0 Å². The summed E-state index contributed by atoms with van der Waals surface area (Å²) in [5.41, 5.74) is 4.64. The van der Waals surface area contributed by atoms with Crippen LogP contribution in [-0.2, 0) is 23.0 Å². The molecule has 0 radical (unpaired) electrons. The molecule has 0 saturated heterocycles. The average molecular weight is 499 g/mol. The van der Waals surface area contributed by atoms with Crippen LogP contribution in [0.4, 0.5) is 10.5 Å². The topological polar surface area (TPSA) is 114 Å². The lowest BCUT2D eigenvalue weighted by Gasteiger charge is -2.23. The van der Waals surface area contributed by atoms with Crippen molar-refractivity contribution < 1.29 is 14.3 Å². The standard InChI is InChI=1S/C28H30N6O3/c1-16-19-8-6-7-9-21(19)32-25-24(16)20-12-17(10-11-23(20)34(25)5)31-26(35)22(13-18-14-29-15-30-18)33-27(36)37-28(2,3)4/h6-12,14-15,22H,13H2,1-5H3,(H,29,30)(H,31,35)(H,33,36)/t22-/m0/s1. The van der Waals surface area contributed by atoms with Gasteiger partial charge in [0.1, 0.15) is 17.3 Å². The van der Waals surface area contributed by atoms with Crippen molar-refractivity contribution in [2.24, 2.45) is 7.05 Å². The molecule has 0 bridgehead atoms. The molecule has 190 valence electrons. The molecule has 5 rings (SSSR count). The molecule has 3 heterocycles. The van der Waals surface area contributed by atoms with Crippen molar-refractivity contribution in [3.05, 3.63) is 66.2 Å². The van der Waals surface area contributed by atoms with Gasteiger partial charge < -0.3 is 24.9 Å². The fourth-order valence-electron chi connectivity index (χ4n) is 4.65. The number of hydrogen-bond acceptors (Lipinski definition) is 5. The number of aromatic nitrogens is 4. The highest BCUT2D eigenvalue weighted by molar-refractivity contribution is 6.14. The van der Waals surface area contributed by atoms with E-state index in [0.717, 1.165) is 38.4 Å². The van der Waals surface area contributed by atoms with Crippen LogP contribution in [0.15, 0.2) is 55.0 Å². The molecule has 0 aliphatic heterocycles. The van der Waals surface area contributed by atoms with Gasteiger partial charge in [0.2, 0.25) is 5.91 Å². The van der Waals surface area contributed by atoms with Crippen LogP contribution < -0.4 is 10.6 Å². The van der Waals surface area contributed by atoms with Crippen LogP contribution in [0, 0.1) is 6.92 Å². The average Bonchev–Trinajstić information content (AvgIpc) is 3.44. The second-order valence-corrected chi connectivity index (χ2v) is 10.2. The number of benzene rings is 2. The molecule has 0 spiro atoms. The first-order chi connectivity index (χ1) is 17.6. The molecule has 9 nitrogen and oxygen atoms in total. The third kappa shape index (κ3) is 4.84. The molecule has 1 atom stereocenters. The molecule has 3 aromatic heterocycles. The molecule has 2 amide bonds. The second kappa shape index (κ2) is 9.24. The monoisotopic (exact) mass is 498 g/mol. The van der Waals surface area contributed by atoms with Gasteiger partial charge in [-0.2, -0.15) is 0 Å². The number of rotatable bonds is 5. The maximum absolute atomic E-state index is 13.4. The lowest BCUT2D eigenvalue weighted by molar-refractivity contribution is -0.118. The number of ether oxygens (including phenoxy) is 1. The van der Waals surface area contributed by atoms with E-state index in [4.69, 9.17) is 9.72 Å². The minimum absolute atomic E-state index is 0.233. The Bertz CT molecular complexity index is 1630. The molecule has 5 aromatic rings. The Morgan fingerprint density at radius 3 is 2.65 bits per heavy atom. The van der Waals surface area contributed by atoms with Gasteiger partial charge in [-0.1, -0.05) is 18.2 Å². The Hall–Kier alpha value is -4.40. The zero-order chi connectivity index (χ0) is 26.3. The Morgan fingerprint density at radius 2 is 1.92 bits per heavy atom. The van der Waals surface area contributed by atoms with Gasteiger partial charge in [-0.25, -0.2) is 14.8 Å². The van der Waals surface area contributed by atoms with Crippen LogP contribution in [0.2, 0.25) is 0 Å². The molecular weight excluding hydrogens is 468 g/mol. The van der Waals surface area contributed by atoms with Crippen molar-refractivity contribution >= 4 is 50.5 Å². The van der Waals surface area contributed by atoms with Crippen LogP contribution in [0.25, 0.3) is 32.8 Å². The van der Waals surface area contributed by atoms with Crippen molar-refractivity contribution in [2.45, 2.75) is 45.8 Å². The smallest absolute Gasteiger partial charge is 0.408 e. The summed E-state index contributed by atoms with van der Waals surface area (Å²) in [6, 6.07) is 13.0. The van der Waals surface area contributed by atoms with E-state index in [0.29, 0.717) is 11.4 Å². The van der Waals surface area contributed by atoms with Crippen LogP contribution in [0.5, 0.6) is 0 Å². The van der Waals surface area contributed by atoms with Crippen molar-refractivity contribution in [1.82, 2.24) is 24.8 Å². The Kier molecular flexibility index (Phi) is 6.07. The fourth-order valence-corrected chi connectivity index (χ4v) is 4.65. The Balaban J connectivity index is 1.48. The van der Waals surface area contributed by atoms with E-state index in [1.165, 1.54) is 6.33 Å². The largest absolute Gasteiger partial charge is 0.444 e. The summed E-state index contributed by atoms with van der Waals surface area (Å²) in [4.78, 5) is 37.7. The third-order valence-electron chi connectivity index (χ3n) is 6.33. The number of nitrogens with zero attached hydrogens (tertiary/aromatic N) is 3. The van der Waals surface area contributed by atoms with E-state index in [1.807, 2.05) is 43.4 Å². The van der Waals surface area contributed by atoms with Gasteiger partial charge in [-0.05, 0) is 57.5 Å². The zero-order valence-electron chi connectivity index (χ0n) is 21.5. The summed E-state index contributed by atoms with van der Waals surface area (Å²) in [6.45, 7) is 7.42. The first-order valence-corrected chi connectivity index (χ1v) is 12.2. The highest BCUT2D eigenvalue weighted by Crippen LogP contribution is 2.34. The number of anilines is 1. The predicted octanol–water partition coefficient (Wildman–Crippen LogP) is 4.99. The number of nitrogens with one attached hydrogen (secondary N) is 3. The zero-order valence-corrected chi connectivity index (χ0v) is 21.5. The van der Waals surface area contributed by atoms with Crippen LogP contribution in [0.3, 0.4) is 0 Å². The number of hydrogen-bond donors (Lipinski definition) is 3. The van der Waals surface area contributed by atoms with Gasteiger partial charge in [0, 0.05) is 47.2 Å². The summed E-state index contributed by atoms with van der Waals surface area (Å²) in [5, 5.41) is 8.81. The Labute approximate surface area is 214 Å². The number of imidazole rings is 1. The van der Waals surface area contributed by atoms with Crippen molar-refractivity contribution in [3.8, 4) is 0 Å². The molecule has 37 heavy (non-hydrogen) atoms. The first kappa shape index (κ1) is 24.3. The summed E-state index contributed by atoms with van der Waals surface area (Å²) in [6.07, 6.45) is 2.73. The molecule has 0 fully saturated rings. The number of amides is 2. The van der Waals surface area contributed by atoms with E-state index in [-0.39, 0.29) is 12.3 Å². The molecule has 0 saturated carbocycles. The molecule has 2 aromatic carbocycles. The maximum atomic E-state index is 13.4. The minimum atomic E-state index is -0.870. The number of carbonyl (C=O) groups is 2. The van der Waals surface area contributed by atoms with Crippen LogP contribution >= 0.6 is 0 Å². The van der Waals surface area contributed by atoms with Gasteiger partial charge in [-0.3, -0.25) is 4.79 Å². The van der Waals surface area contributed by atoms with Crippen LogP contribution in [0.1, 0.15) is 32.0 Å². The maximum Gasteiger partial charge on any atom is 0.408 e. The molecule has 0 aliphatic carbocycles. The highest BCUT2D eigenvalue weighted by Gasteiger charge is 2.26. The summed E-state index contributed by atoms with van der Waals surface area (Å²) in [5.74, 6) is -0.361. The second-order valence-electron chi connectivity index (χ2n) is 10.2. The van der Waals surface area contributed by atoms with E-state index >= 15 is 0 Å². The van der Waals surface area contributed by atoms with Crippen molar-refractivity contribution in [2.75, 3.05) is 5.32 Å². The number of carbonyl (C=O) groups excluding carboxylic acids is 2. The quantitative estimate of drug-likeness (QED) is 0.316. The summed E-state index contributed by atoms with van der Waals surface area (Å²) >= 11 is 0. The molecular formula is C28H30N6O3. The lowest BCUT2D eigenvalue weighted by atomic mass is 10.0. The fraction of sp³-hybridized carbons (Fsp3) is 0.286. The highest BCUT2D eigenvalue weighted by atomic mass is 16.6. The summed E-state index contributed by atoms with van der Waals surface area (Å²) < 4.78 is 7.45. The van der Waals surface area contributed by atoms with Gasteiger partial charge in [-0.15, -0.1) is 0 Å². The molecule has 0 aliphatic rings. The van der Waals surface area contributed by atoms with E-state index in [2.05, 4.69) is 38.2 Å². The van der Waals surface area contributed by atoms with Gasteiger partial charge in [0.25, 0.3) is 0 Å².